The van der Waals surface area contributed by atoms with E-state index in [0.29, 0.717) is 23.9 Å². The van der Waals surface area contributed by atoms with E-state index in [-0.39, 0.29) is 29.4 Å². The third-order valence-corrected chi connectivity index (χ3v) is 7.47. The molecule has 12 nitrogen and oxygen atoms in total. The maximum atomic E-state index is 13.3. The van der Waals surface area contributed by atoms with Gasteiger partial charge in [0.25, 0.3) is 0 Å². The van der Waals surface area contributed by atoms with Crippen molar-refractivity contribution in [3.63, 3.8) is 0 Å². The quantitative estimate of drug-likeness (QED) is 0.282. The first-order valence-electron chi connectivity index (χ1n) is 14.4. The number of methoxy groups -OCH3 is 1. The van der Waals surface area contributed by atoms with E-state index in [1.54, 1.807) is 31.0 Å². The summed E-state index contributed by atoms with van der Waals surface area (Å²) in [5.41, 5.74) is 4.01. The first-order valence-corrected chi connectivity index (χ1v) is 14.4. The van der Waals surface area contributed by atoms with Gasteiger partial charge in [-0.05, 0) is 43.6 Å². The Balaban J connectivity index is 1.28. The number of hydrogen-bond acceptors (Lipinski definition) is 10. The minimum absolute atomic E-state index is 0.0382. The second kappa shape index (κ2) is 12.6. The van der Waals surface area contributed by atoms with Crippen molar-refractivity contribution in [1.82, 2.24) is 40.1 Å². The average Bonchev–Trinajstić information content (AvgIpc) is 3.54. The Morgan fingerprint density at radius 3 is 2.38 bits per heavy atom. The van der Waals surface area contributed by atoms with Crippen molar-refractivity contribution in [2.75, 3.05) is 17.3 Å². The summed E-state index contributed by atoms with van der Waals surface area (Å²) in [7, 11) is 1.52. The fraction of sp³-hybridized carbons (Fsp3) is 0.467. The van der Waals surface area contributed by atoms with Crippen molar-refractivity contribution in [3.8, 4) is 28.7 Å². The lowest BCUT2D eigenvalue weighted by Crippen LogP contribution is -2.44. The molecule has 0 radical (unpaired) electrons. The number of ether oxygens (including phenoxy) is 1. The van der Waals surface area contributed by atoms with Gasteiger partial charge in [-0.15, -0.1) is 0 Å². The fourth-order valence-corrected chi connectivity index (χ4v) is 5.26. The highest BCUT2D eigenvalue weighted by Crippen LogP contribution is 2.32. The molecule has 0 saturated heterocycles. The summed E-state index contributed by atoms with van der Waals surface area (Å²) in [4.78, 5) is 42.2. The fourth-order valence-electron chi connectivity index (χ4n) is 5.26. The van der Waals surface area contributed by atoms with E-state index in [4.69, 9.17) is 9.72 Å². The van der Waals surface area contributed by atoms with Crippen LogP contribution >= 0.6 is 0 Å². The number of amides is 1. The monoisotopic (exact) mass is 570 g/mol. The number of aromatic amines is 1. The molecule has 4 aromatic rings. The van der Waals surface area contributed by atoms with Gasteiger partial charge in [0.05, 0.1) is 36.6 Å². The molecule has 0 spiro atoms. The molecule has 1 aliphatic rings. The van der Waals surface area contributed by atoms with Crippen LogP contribution in [0.3, 0.4) is 0 Å². The summed E-state index contributed by atoms with van der Waals surface area (Å²) in [6, 6.07) is 2.45. The molecular formula is C30H38N10O2. The molecule has 1 saturated carbocycles. The van der Waals surface area contributed by atoms with Gasteiger partial charge in [-0.25, -0.2) is 24.9 Å². The SMILES string of the molecule is CCCC(=O)N(c1cnc(-c2cnc(OC)nc2)cn1)C1CCC(Nc2ncc(C(C)(C)C)c(-c3ccn[nH]3)n2)CC1. The molecular weight excluding hydrogens is 532 g/mol. The van der Waals surface area contributed by atoms with Gasteiger partial charge in [-0.3, -0.25) is 19.8 Å². The van der Waals surface area contributed by atoms with E-state index in [0.717, 1.165) is 54.6 Å². The molecule has 5 rings (SSSR count). The maximum absolute atomic E-state index is 13.3. The lowest BCUT2D eigenvalue weighted by atomic mass is 9.86. The maximum Gasteiger partial charge on any atom is 0.316 e. The van der Waals surface area contributed by atoms with Crippen LogP contribution in [0.1, 0.15) is 71.8 Å². The van der Waals surface area contributed by atoms with Crippen LogP contribution in [-0.2, 0) is 10.2 Å². The van der Waals surface area contributed by atoms with Crippen molar-refractivity contribution < 1.29 is 9.53 Å². The third-order valence-electron chi connectivity index (χ3n) is 7.47. The number of hydrogen-bond donors (Lipinski definition) is 2. The first-order chi connectivity index (χ1) is 20.3. The third kappa shape index (κ3) is 6.53. The van der Waals surface area contributed by atoms with Crippen LogP contribution in [0.25, 0.3) is 22.6 Å². The van der Waals surface area contributed by atoms with Crippen molar-refractivity contribution in [3.05, 3.63) is 48.8 Å². The van der Waals surface area contributed by atoms with Gasteiger partial charge in [-0.2, -0.15) is 5.10 Å². The van der Waals surface area contributed by atoms with Gasteiger partial charge in [0, 0.05) is 54.4 Å². The van der Waals surface area contributed by atoms with E-state index in [1.165, 1.54) is 7.11 Å². The van der Waals surface area contributed by atoms with Gasteiger partial charge in [0.2, 0.25) is 11.9 Å². The standard InChI is InChI=1S/C30H38N10O2/c1-6-7-26(41)40(25-18-31-24(17-32-25)19-14-34-29(42-5)35-15-19)21-10-8-20(9-11-21)37-28-33-16-22(30(2,3)4)27(38-28)23-12-13-36-39-23/h12-18,20-21H,6-11H2,1-5H3,(H,36,39)(H,33,37,38). The van der Waals surface area contributed by atoms with E-state index < -0.39 is 0 Å². The molecule has 42 heavy (non-hydrogen) atoms. The molecule has 0 aromatic carbocycles. The van der Waals surface area contributed by atoms with Crippen molar-refractivity contribution in [1.29, 1.82) is 0 Å². The normalized spacial score (nSPS) is 17.1. The average molecular weight is 571 g/mol. The number of H-pyrrole nitrogens is 1. The second-order valence-corrected chi connectivity index (χ2v) is 11.6. The molecule has 0 bridgehead atoms. The topological polar surface area (TPSA) is 148 Å². The molecule has 4 aromatic heterocycles. The number of carbonyl (C=O) groups excluding carboxylic acids is 1. The molecule has 1 amide bonds. The van der Waals surface area contributed by atoms with Crippen LogP contribution in [0, 0.1) is 0 Å². The molecule has 0 atom stereocenters. The van der Waals surface area contributed by atoms with Crippen LogP contribution in [-0.4, -0.2) is 65.2 Å². The second-order valence-electron chi connectivity index (χ2n) is 11.6. The minimum Gasteiger partial charge on any atom is -0.467 e. The van der Waals surface area contributed by atoms with Crippen LogP contribution in [0.4, 0.5) is 11.8 Å². The van der Waals surface area contributed by atoms with Gasteiger partial charge in [0.1, 0.15) is 0 Å². The number of nitrogens with one attached hydrogen (secondary N) is 2. The molecule has 0 aliphatic heterocycles. The van der Waals surface area contributed by atoms with Gasteiger partial charge in [-0.1, -0.05) is 27.7 Å². The number of anilines is 2. The highest BCUT2D eigenvalue weighted by Gasteiger charge is 2.31. The van der Waals surface area contributed by atoms with E-state index in [2.05, 4.69) is 61.2 Å². The Bertz CT molecular complexity index is 1460. The zero-order valence-corrected chi connectivity index (χ0v) is 24.8. The smallest absolute Gasteiger partial charge is 0.316 e. The lowest BCUT2D eigenvalue weighted by molar-refractivity contribution is -0.119. The number of rotatable bonds is 9. The lowest BCUT2D eigenvalue weighted by Gasteiger charge is -2.36. The summed E-state index contributed by atoms with van der Waals surface area (Å²) in [6.07, 6.45) is 14.9. The first kappa shape index (κ1) is 29.0. The van der Waals surface area contributed by atoms with E-state index in [9.17, 15) is 4.79 Å². The summed E-state index contributed by atoms with van der Waals surface area (Å²) in [5.74, 6) is 1.22. The predicted molar refractivity (Wildman–Crippen MR) is 160 cm³/mol. The molecule has 1 aliphatic carbocycles. The zero-order valence-electron chi connectivity index (χ0n) is 24.8. The minimum atomic E-state index is -0.116. The summed E-state index contributed by atoms with van der Waals surface area (Å²) in [5, 5.41) is 10.7. The van der Waals surface area contributed by atoms with Crippen molar-refractivity contribution in [2.45, 2.75) is 83.7 Å². The number of nitrogens with zero attached hydrogens (tertiary/aromatic N) is 8. The van der Waals surface area contributed by atoms with E-state index >= 15 is 0 Å². The largest absolute Gasteiger partial charge is 0.467 e. The molecule has 4 heterocycles. The molecule has 1 fully saturated rings. The zero-order chi connectivity index (χ0) is 29.7. The molecule has 12 heteroatoms. The predicted octanol–water partition coefficient (Wildman–Crippen LogP) is 4.98. The Kier molecular flexibility index (Phi) is 8.69. The number of carbonyl (C=O) groups is 1. The van der Waals surface area contributed by atoms with E-state index in [1.807, 2.05) is 24.1 Å². The highest BCUT2D eigenvalue weighted by atomic mass is 16.5. The summed E-state index contributed by atoms with van der Waals surface area (Å²) in [6.45, 7) is 8.46. The van der Waals surface area contributed by atoms with Crippen LogP contribution in [0.2, 0.25) is 0 Å². The van der Waals surface area contributed by atoms with Crippen molar-refractivity contribution in [2.24, 2.45) is 0 Å². The Hall–Kier alpha value is -4.48. The van der Waals surface area contributed by atoms with Gasteiger partial charge in [0.15, 0.2) is 5.82 Å². The van der Waals surface area contributed by atoms with Crippen LogP contribution < -0.4 is 15.0 Å². The Labute approximate surface area is 245 Å². The van der Waals surface area contributed by atoms with Crippen LogP contribution in [0.15, 0.2) is 43.2 Å². The molecule has 0 unspecified atom stereocenters. The summed E-state index contributed by atoms with van der Waals surface area (Å²) >= 11 is 0. The Morgan fingerprint density at radius 2 is 1.79 bits per heavy atom. The molecule has 220 valence electrons. The van der Waals surface area contributed by atoms with Gasteiger partial charge >= 0.3 is 6.01 Å². The number of aromatic nitrogens is 8. The highest BCUT2D eigenvalue weighted by molar-refractivity contribution is 5.93. The Morgan fingerprint density at radius 1 is 1.02 bits per heavy atom. The summed E-state index contributed by atoms with van der Waals surface area (Å²) < 4.78 is 5.03. The van der Waals surface area contributed by atoms with Gasteiger partial charge < -0.3 is 10.1 Å². The van der Waals surface area contributed by atoms with Crippen LogP contribution in [0.5, 0.6) is 6.01 Å². The van der Waals surface area contributed by atoms with Crippen molar-refractivity contribution >= 4 is 17.7 Å². The molecule has 2 N–H and O–H groups in total.